The van der Waals surface area contributed by atoms with E-state index in [1.807, 2.05) is 45.2 Å². The van der Waals surface area contributed by atoms with Crippen LogP contribution < -0.4 is 5.11 Å². The van der Waals surface area contributed by atoms with Gasteiger partial charge in [-0.05, 0) is 69.3 Å². The molecule has 0 saturated carbocycles. The Labute approximate surface area is 147 Å². The number of halogens is 4. The average Bonchev–Trinajstić information content (AvgIpc) is 2.33. The largest absolute Gasteiger partial charge is 0.544 e. The summed E-state index contributed by atoms with van der Waals surface area (Å²) in [6, 6.07) is 4.73. The van der Waals surface area contributed by atoms with Crippen LogP contribution in [0.2, 0.25) is 0 Å². The van der Waals surface area contributed by atoms with Gasteiger partial charge < -0.3 is 14.6 Å². The molecule has 1 unspecified atom stereocenters. The average molecular weight is 523 g/mol. The number of carbonyl (C=O) groups is 2. The summed E-state index contributed by atoms with van der Waals surface area (Å²) in [6.45, 7) is 2.68. The molecule has 1 aromatic rings. The Morgan fingerprint density at radius 1 is 1.19 bits per heavy atom. The van der Waals surface area contributed by atoms with Gasteiger partial charge in [0.15, 0.2) is 6.10 Å². The normalized spacial score (nSPS) is 13.1. The molecule has 1 aromatic carbocycles. The molecule has 0 amide bonds. The fourth-order valence-corrected chi connectivity index (χ4v) is 3.54. The van der Waals surface area contributed by atoms with E-state index >= 15 is 0 Å². The lowest BCUT2D eigenvalue weighted by Crippen LogP contribution is -2.53. The molecule has 8 heteroatoms. The van der Waals surface area contributed by atoms with Crippen molar-refractivity contribution in [3.8, 4) is 0 Å². The van der Waals surface area contributed by atoms with Crippen molar-refractivity contribution >= 4 is 57.1 Å². The SMILES string of the molecule is CC(C)C(OC(=O)c1cc(I)cc(I)c1)C(F)(F)C(=O)[O-]. The van der Waals surface area contributed by atoms with E-state index in [0.717, 1.165) is 7.14 Å². The zero-order valence-corrected chi connectivity index (χ0v) is 15.3. The lowest BCUT2D eigenvalue weighted by Gasteiger charge is -2.30. The number of hydrogen-bond donors (Lipinski definition) is 0. The van der Waals surface area contributed by atoms with Crippen molar-refractivity contribution in [2.75, 3.05) is 0 Å². The summed E-state index contributed by atoms with van der Waals surface area (Å²) in [5, 5.41) is 10.5. The molecule has 0 spiro atoms. The number of ether oxygens (including phenoxy) is 1. The second kappa shape index (κ2) is 7.16. The Balaban J connectivity index is 3.04. The first-order valence-electron chi connectivity index (χ1n) is 5.82. The highest BCUT2D eigenvalue weighted by atomic mass is 127. The lowest BCUT2D eigenvalue weighted by atomic mass is 10.0. The molecule has 0 heterocycles. The van der Waals surface area contributed by atoms with Crippen molar-refractivity contribution in [1.82, 2.24) is 0 Å². The van der Waals surface area contributed by atoms with Crippen molar-refractivity contribution in [1.29, 1.82) is 0 Å². The standard InChI is InChI=1S/C13H12F2I2O4/c1-6(2)10(13(14,15)12(19)20)21-11(18)7-3-8(16)5-9(17)4-7/h3-6,10H,1-2H3,(H,19,20)/p-1. The molecule has 0 fully saturated rings. The highest BCUT2D eigenvalue weighted by Crippen LogP contribution is 2.28. The second-order valence-electron chi connectivity index (χ2n) is 4.64. The first-order chi connectivity index (χ1) is 9.55. The molecule has 0 N–H and O–H groups in total. The van der Waals surface area contributed by atoms with Crippen molar-refractivity contribution in [2.24, 2.45) is 5.92 Å². The molecular formula is C13H11F2I2O4-. The molecule has 0 radical (unpaired) electrons. The number of carboxylic acid groups (broad SMARTS) is 1. The molecule has 0 aliphatic heterocycles. The van der Waals surface area contributed by atoms with Gasteiger partial charge in [-0.3, -0.25) is 0 Å². The van der Waals surface area contributed by atoms with E-state index in [-0.39, 0.29) is 5.56 Å². The molecule has 1 atom stereocenters. The highest BCUT2D eigenvalue weighted by Gasteiger charge is 2.46. The van der Waals surface area contributed by atoms with E-state index in [9.17, 15) is 23.5 Å². The lowest BCUT2D eigenvalue weighted by molar-refractivity contribution is -0.337. The van der Waals surface area contributed by atoms with E-state index in [1.54, 1.807) is 6.07 Å². The third kappa shape index (κ3) is 4.73. The summed E-state index contributed by atoms with van der Waals surface area (Å²) in [7, 11) is 0. The Bertz CT molecular complexity index is 541. The maximum atomic E-state index is 13.6. The third-order valence-corrected chi connectivity index (χ3v) is 3.81. The number of rotatable bonds is 5. The van der Waals surface area contributed by atoms with Crippen LogP contribution in [0.3, 0.4) is 0 Å². The minimum absolute atomic E-state index is 0.0890. The molecule has 4 nitrogen and oxygen atoms in total. The van der Waals surface area contributed by atoms with Crippen LogP contribution in [0.25, 0.3) is 0 Å². The summed E-state index contributed by atoms with van der Waals surface area (Å²) in [4.78, 5) is 22.5. The molecule has 1 rings (SSSR count). The molecule has 0 aliphatic rings. The van der Waals surface area contributed by atoms with Crippen LogP contribution in [-0.2, 0) is 9.53 Å². The van der Waals surface area contributed by atoms with Gasteiger partial charge in [0.05, 0.1) is 5.56 Å². The van der Waals surface area contributed by atoms with Crippen LogP contribution in [0.4, 0.5) is 8.78 Å². The Kier molecular flexibility index (Phi) is 6.32. The molecule has 21 heavy (non-hydrogen) atoms. The van der Waals surface area contributed by atoms with E-state index < -0.39 is 29.9 Å². The number of aliphatic carboxylic acids is 1. The van der Waals surface area contributed by atoms with Gasteiger partial charge in [0.2, 0.25) is 0 Å². The van der Waals surface area contributed by atoms with Gasteiger partial charge in [-0.15, -0.1) is 0 Å². The highest BCUT2D eigenvalue weighted by molar-refractivity contribution is 14.1. The number of hydrogen-bond acceptors (Lipinski definition) is 4. The number of benzene rings is 1. The molecule has 0 saturated heterocycles. The molecule has 0 bridgehead atoms. The zero-order valence-electron chi connectivity index (χ0n) is 11.0. The van der Waals surface area contributed by atoms with Gasteiger partial charge in [-0.2, -0.15) is 8.78 Å². The van der Waals surface area contributed by atoms with Crippen LogP contribution in [0.15, 0.2) is 18.2 Å². The van der Waals surface area contributed by atoms with Gasteiger partial charge in [0.1, 0.15) is 5.97 Å². The summed E-state index contributed by atoms with van der Waals surface area (Å²) in [5.74, 6) is -8.69. The number of carboxylic acids is 1. The quantitative estimate of drug-likeness (QED) is 0.440. The number of carbonyl (C=O) groups excluding carboxylic acids is 2. The van der Waals surface area contributed by atoms with Crippen molar-refractivity contribution in [3.05, 3.63) is 30.9 Å². The van der Waals surface area contributed by atoms with Crippen LogP contribution >= 0.6 is 45.2 Å². The van der Waals surface area contributed by atoms with Gasteiger partial charge in [-0.1, -0.05) is 13.8 Å². The molecule has 116 valence electrons. The van der Waals surface area contributed by atoms with Gasteiger partial charge in [0.25, 0.3) is 0 Å². The first-order valence-corrected chi connectivity index (χ1v) is 7.97. The summed E-state index contributed by atoms with van der Waals surface area (Å²) in [6.07, 6.45) is -2.09. The van der Waals surface area contributed by atoms with Crippen molar-refractivity contribution in [3.63, 3.8) is 0 Å². The second-order valence-corrected chi connectivity index (χ2v) is 7.13. The smallest absolute Gasteiger partial charge is 0.338 e. The predicted octanol–water partition coefficient (Wildman–Crippen LogP) is 2.46. The monoisotopic (exact) mass is 523 g/mol. The van der Waals surface area contributed by atoms with E-state index in [0.29, 0.717) is 0 Å². The van der Waals surface area contributed by atoms with E-state index in [4.69, 9.17) is 4.74 Å². The maximum Gasteiger partial charge on any atom is 0.338 e. The molecule has 0 aromatic heterocycles. The van der Waals surface area contributed by atoms with Crippen LogP contribution in [0, 0.1) is 13.1 Å². The zero-order chi connectivity index (χ0) is 16.4. The van der Waals surface area contributed by atoms with Crippen LogP contribution in [0.5, 0.6) is 0 Å². The molecule has 0 aliphatic carbocycles. The van der Waals surface area contributed by atoms with Gasteiger partial charge >= 0.3 is 11.9 Å². The summed E-state index contributed by atoms with van der Waals surface area (Å²) >= 11 is 3.95. The Hall–Kier alpha value is -0.520. The fraction of sp³-hybridized carbons (Fsp3) is 0.385. The first kappa shape index (κ1) is 18.5. The van der Waals surface area contributed by atoms with Crippen molar-refractivity contribution in [2.45, 2.75) is 25.9 Å². The van der Waals surface area contributed by atoms with Gasteiger partial charge in [0, 0.05) is 7.14 Å². The fourth-order valence-electron chi connectivity index (χ4n) is 1.60. The van der Waals surface area contributed by atoms with Gasteiger partial charge in [-0.25, -0.2) is 4.79 Å². The van der Waals surface area contributed by atoms with Crippen molar-refractivity contribution < 1.29 is 28.2 Å². The predicted molar refractivity (Wildman–Crippen MR) is 85.9 cm³/mol. The Morgan fingerprint density at radius 3 is 2.05 bits per heavy atom. The summed E-state index contributed by atoms with van der Waals surface area (Å²) < 4.78 is 33.3. The topological polar surface area (TPSA) is 66.4 Å². The number of esters is 1. The minimum atomic E-state index is -4.25. The number of alkyl halides is 2. The van der Waals surface area contributed by atoms with Crippen LogP contribution in [0.1, 0.15) is 24.2 Å². The maximum absolute atomic E-state index is 13.6. The van der Waals surface area contributed by atoms with E-state index in [1.165, 1.54) is 26.0 Å². The third-order valence-electron chi connectivity index (χ3n) is 2.57. The van der Waals surface area contributed by atoms with Crippen LogP contribution in [-0.4, -0.2) is 24.0 Å². The Morgan fingerprint density at radius 2 is 1.67 bits per heavy atom. The molecular weight excluding hydrogens is 512 g/mol. The minimum Gasteiger partial charge on any atom is -0.544 e. The van der Waals surface area contributed by atoms with E-state index in [2.05, 4.69) is 0 Å². The summed E-state index contributed by atoms with van der Waals surface area (Å²) in [5.41, 5.74) is 0.0890.